The van der Waals surface area contributed by atoms with E-state index in [9.17, 15) is 43.4 Å². The van der Waals surface area contributed by atoms with E-state index < -0.39 is 60.3 Å². The van der Waals surface area contributed by atoms with Gasteiger partial charge in [-0.2, -0.15) is 8.62 Å². The van der Waals surface area contributed by atoms with Crippen molar-refractivity contribution in [2.75, 3.05) is 19.7 Å². The molecule has 0 aliphatic carbocycles. The molecule has 35 heavy (non-hydrogen) atoms. The van der Waals surface area contributed by atoms with Crippen molar-refractivity contribution in [1.82, 2.24) is 14.6 Å². The van der Waals surface area contributed by atoms with E-state index in [1.165, 1.54) is 0 Å². The molecule has 0 aromatic carbocycles. The van der Waals surface area contributed by atoms with Crippen LogP contribution >= 0.6 is 23.4 Å². The molecule has 0 radical (unpaired) electrons. The summed E-state index contributed by atoms with van der Waals surface area (Å²) >= 11 is 0. The highest BCUT2D eigenvalue weighted by molar-refractivity contribution is 7.67. The zero-order chi connectivity index (χ0) is 26.2. The molecule has 0 saturated carbocycles. The van der Waals surface area contributed by atoms with E-state index in [4.69, 9.17) is 16.2 Å². The van der Waals surface area contributed by atoms with Crippen LogP contribution in [0.2, 0.25) is 0 Å². The molecule has 10 N–H and O–H groups in total. The number of ketones is 1. The summed E-state index contributed by atoms with van der Waals surface area (Å²) in [5.74, 6) is -0.488. The average Bonchev–Trinajstić information content (AvgIpc) is 3.25. The molecule has 3 heterocycles. The summed E-state index contributed by atoms with van der Waals surface area (Å²) in [5.41, 5.74) is 10.7. The number of nitrogens with zero attached hydrogens (tertiary/aromatic N) is 3. The van der Waals surface area contributed by atoms with Crippen LogP contribution < -0.4 is 16.6 Å². The van der Waals surface area contributed by atoms with Crippen LogP contribution in [0, 0.1) is 0 Å². The molecule has 1 aromatic rings. The molecule has 22 heteroatoms. The number of carbonyl (C=O) groups excluding carboxylic acids is 1. The zero-order valence-corrected chi connectivity index (χ0v) is 20.2. The molecular formula is C13H23N6O13P3. The zero-order valence-electron chi connectivity index (χ0n) is 17.6. The molecule has 7 unspecified atom stereocenters. The van der Waals surface area contributed by atoms with Crippen LogP contribution in [0.25, 0.3) is 0 Å². The van der Waals surface area contributed by atoms with Crippen molar-refractivity contribution in [3.63, 3.8) is 0 Å². The third kappa shape index (κ3) is 6.88. The van der Waals surface area contributed by atoms with Crippen LogP contribution in [-0.4, -0.2) is 84.1 Å². The minimum Gasteiger partial charge on any atom is -0.387 e. The molecule has 0 bridgehead atoms. The number of Topliss-reactive ketones (excluding diaryl/α,β-unsaturated/α-hetero) is 1. The summed E-state index contributed by atoms with van der Waals surface area (Å²) in [6, 6.07) is 0. The third-order valence-electron chi connectivity index (χ3n) is 4.51. The van der Waals surface area contributed by atoms with Crippen molar-refractivity contribution in [2.24, 2.45) is 16.5 Å². The minimum absolute atomic E-state index is 0.0168. The second-order valence-electron chi connectivity index (χ2n) is 7.19. The Morgan fingerprint density at radius 1 is 1.17 bits per heavy atom. The number of nitrogens with one attached hydrogen (secondary N) is 1. The number of rotatable bonds is 11. The van der Waals surface area contributed by atoms with E-state index in [-0.39, 0.29) is 36.9 Å². The van der Waals surface area contributed by atoms with Gasteiger partial charge in [0.1, 0.15) is 24.1 Å². The molecule has 198 valence electrons. The first kappa shape index (κ1) is 28.2. The maximum Gasteiger partial charge on any atom is 0.489 e. The standard InChI is InChI=1S/C13H23N6O13P3/c14-1-2-17-33(23,24)31-35(27,28)32-34(25,26)29-4-7-10(21)11(22)13(30-7)19-5-16-9-6(20)3-8(15)18-12(9)19/h5,7,10-11,13,21-22H,1-4,14H2,(H2,15,18)(H,25,26)(H,27,28)(H2,17,23,24). The van der Waals surface area contributed by atoms with Crippen molar-refractivity contribution in [2.45, 2.75) is 31.0 Å². The Bertz CT molecular complexity index is 1140. The highest BCUT2D eigenvalue weighted by Crippen LogP contribution is 2.66. The van der Waals surface area contributed by atoms with Gasteiger partial charge in [-0.3, -0.25) is 13.9 Å². The van der Waals surface area contributed by atoms with E-state index >= 15 is 0 Å². The summed E-state index contributed by atoms with van der Waals surface area (Å²) < 4.78 is 54.5. The molecule has 2 aliphatic heterocycles. The number of nitrogens with two attached hydrogens (primary N) is 2. The number of phosphoric ester groups is 1. The quantitative estimate of drug-likeness (QED) is 0.134. The second kappa shape index (κ2) is 10.5. The fourth-order valence-electron chi connectivity index (χ4n) is 3.08. The van der Waals surface area contributed by atoms with Crippen LogP contribution in [0.1, 0.15) is 23.1 Å². The molecule has 2 aliphatic rings. The number of aromatic nitrogens is 2. The van der Waals surface area contributed by atoms with Gasteiger partial charge in [0.25, 0.3) is 0 Å². The smallest absolute Gasteiger partial charge is 0.387 e. The van der Waals surface area contributed by atoms with Gasteiger partial charge in [0.15, 0.2) is 23.5 Å². The van der Waals surface area contributed by atoms with Gasteiger partial charge in [0.2, 0.25) is 0 Å². The molecule has 0 amide bonds. The predicted molar refractivity (Wildman–Crippen MR) is 113 cm³/mol. The van der Waals surface area contributed by atoms with E-state index in [2.05, 4.69) is 23.1 Å². The van der Waals surface area contributed by atoms with Crippen LogP contribution in [0.4, 0.5) is 5.82 Å². The predicted octanol–water partition coefficient (Wildman–Crippen LogP) is -2.02. The number of phosphoric acid groups is 2. The van der Waals surface area contributed by atoms with E-state index in [0.717, 1.165) is 10.9 Å². The lowest BCUT2D eigenvalue weighted by atomic mass is 10.1. The normalized spacial score (nSPS) is 29.7. The molecule has 1 aromatic heterocycles. The largest absolute Gasteiger partial charge is 0.489 e. The lowest BCUT2D eigenvalue weighted by molar-refractivity contribution is -0.0512. The number of amidine groups is 1. The van der Waals surface area contributed by atoms with Crippen molar-refractivity contribution < 1.29 is 61.3 Å². The first-order valence-corrected chi connectivity index (χ1v) is 14.2. The number of hydrogen-bond acceptors (Lipinski definition) is 14. The Kier molecular flexibility index (Phi) is 8.48. The molecule has 19 nitrogen and oxygen atoms in total. The number of hydrogen-bond donors (Lipinski definition) is 8. The maximum atomic E-state index is 12.1. The Labute approximate surface area is 196 Å². The van der Waals surface area contributed by atoms with Gasteiger partial charge in [0, 0.05) is 13.1 Å². The fourth-order valence-corrected chi connectivity index (χ4v) is 6.80. The van der Waals surface area contributed by atoms with Crippen molar-refractivity contribution in [3.05, 3.63) is 12.0 Å². The first-order chi connectivity index (χ1) is 16.1. The van der Waals surface area contributed by atoms with Gasteiger partial charge in [-0.1, -0.05) is 0 Å². The van der Waals surface area contributed by atoms with Crippen LogP contribution in [0.3, 0.4) is 0 Å². The second-order valence-corrected chi connectivity index (χ2v) is 12.0. The molecule has 3 rings (SSSR count). The molecule has 1 saturated heterocycles. The Morgan fingerprint density at radius 3 is 2.51 bits per heavy atom. The van der Waals surface area contributed by atoms with Crippen molar-refractivity contribution in [1.29, 1.82) is 0 Å². The monoisotopic (exact) mass is 564 g/mol. The van der Waals surface area contributed by atoms with Crippen molar-refractivity contribution in [3.8, 4) is 0 Å². The summed E-state index contributed by atoms with van der Waals surface area (Å²) in [7, 11) is -16.0. The lowest BCUT2D eigenvalue weighted by Gasteiger charge is -2.20. The number of aliphatic imine (C=N–C) groups is 1. The van der Waals surface area contributed by atoms with E-state index in [0.29, 0.717) is 0 Å². The van der Waals surface area contributed by atoms with Gasteiger partial charge in [0.05, 0.1) is 19.4 Å². The van der Waals surface area contributed by atoms with Crippen LogP contribution in [0.5, 0.6) is 0 Å². The van der Waals surface area contributed by atoms with Gasteiger partial charge in [-0.25, -0.2) is 28.8 Å². The number of ether oxygens (including phenoxy) is 1. The number of imidazole rings is 1. The summed E-state index contributed by atoms with van der Waals surface area (Å²) in [6.45, 7) is -1.40. The summed E-state index contributed by atoms with van der Waals surface area (Å²) in [4.78, 5) is 48.5. The number of fused-ring (bicyclic) bond motifs is 1. The third-order valence-corrected chi connectivity index (χ3v) is 8.97. The van der Waals surface area contributed by atoms with E-state index in [1.54, 1.807) is 5.09 Å². The maximum absolute atomic E-state index is 12.1. The average molecular weight is 564 g/mol. The molecule has 7 atom stereocenters. The van der Waals surface area contributed by atoms with Gasteiger partial charge < -0.3 is 41.1 Å². The highest BCUT2D eigenvalue weighted by atomic mass is 31.3. The van der Waals surface area contributed by atoms with Gasteiger partial charge in [-0.15, -0.1) is 0 Å². The lowest BCUT2D eigenvalue weighted by Crippen LogP contribution is -2.33. The van der Waals surface area contributed by atoms with Crippen LogP contribution in [-0.2, 0) is 31.6 Å². The van der Waals surface area contributed by atoms with Crippen LogP contribution in [0.15, 0.2) is 11.3 Å². The Hall–Kier alpha value is -1.40. The number of aliphatic hydroxyl groups excluding tert-OH is 2. The summed E-state index contributed by atoms with van der Waals surface area (Å²) in [6.07, 6.45) is -5.29. The van der Waals surface area contributed by atoms with Gasteiger partial charge in [-0.05, 0) is 0 Å². The summed E-state index contributed by atoms with van der Waals surface area (Å²) in [5, 5.41) is 22.4. The molecular weight excluding hydrogens is 541 g/mol. The van der Waals surface area contributed by atoms with Crippen molar-refractivity contribution >= 4 is 40.8 Å². The Morgan fingerprint density at radius 2 is 1.86 bits per heavy atom. The fraction of sp³-hybridized carbons (Fsp3) is 0.615. The molecule has 0 spiro atoms. The van der Waals surface area contributed by atoms with Gasteiger partial charge >= 0.3 is 23.4 Å². The highest BCUT2D eigenvalue weighted by Gasteiger charge is 2.47. The van der Waals surface area contributed by atoms with E-state index in [1.807, 2.05) is 0 Å². The minimum atomic E-state index is -5.62. The first-order valence-electron chi connectivity index (χ1n) is 9.60. The number of aliphatic hydroxyl groups is 2. The molecule has 1 fully saturated rings. The number of carbonyl (C=O) groups is 1. The Balaban J connectivity index is 1.65. The topological polar surface area (TPSA) is 301 Å². The SMILES string of the molecule is NCCNP(=O)(O)OP(=O)(O)OP(=O)(O)OCC1OC(n2cnc3c2N=C(N)CC3=O)C(O)C1O.